The number of aromatic nitrogens is 1. The standard InChI is InChI=1S/C31H34N2O4/c1-6-16-37-25-14-11-23(17-20(25)2)28(34)26-27(22-9-12-24(13-10-22)31(3,4)5)33(30(36)29(26)35)19-21-8-7-15-32-18-21/h7-15,17-18,27,34H,6,16,19H2,1-5H3/t27-/m0/s1. The molecule has 4 rings (SSSR count). The zero-order valence-corrected chi connectivity index (χ0v) is 22.1. The van der Waals surface area contributed by atoms with Gasteiger partial charge in [0.05, 0.1) is 18.2 Å². The molecular weight excluding hydrogens is 464 g/mol. The Balaban J connectivity index is 1.82. The summed E-state index contributed by atoms with van der Waals surface area (Å²) >= 11 is 0. The number of ketones is 1. The van der Waals surface area contributed by atoms with Crippen molar-refractivity contribution in [1.82, 2.24) is 9.88 Å². The number of benzene rings is 2. The van der Waals surface area contributed by atoms with Crippen LogP contribution in [-0.2, 0) is 21.5 Å². The second-order valence-corrected chi connectivity index (χ2v) is 10.5. The number of hydrogen-bond acceptors (Lipinski definition) is 5. The molecule has 1 fully saturated rings. The van der Waals surface area contributed by atoms with Crippen LogP contribution >= 0.6 is 0 Å². The first kappa shape index (κ1) is 26.1. The number of rotatable bonds is 7. The largest absolute Gasteiger partial charge is 0.507 e. The number of hydrogen-bond donors (Lipinski definition) is 1. The molecule has 0 unspecified atom stereocenters. The molecule has 2 aromatic carbocycles. The van der Waals surface area contributed by atoms with Crippen molar-refractivity contribution in [1.29, 1.82) is 0 Å². The van der Waals surface area contributed by atoms with E-state index in [0.717, 1.165) is 34.4 Å². The highest BCUT2D eigenvalue weighted by atomic mass is 16.5. The van der Waals surface area contributed by atoms with Crippen LogP contribution in [0.1, 0.15) is 68.0 Å². The Bertz CT molecular complexity index is 1320. The van der Waals surface area contributed by atoms with Crippen LogP contribution in [0.2, 0.25) is 0 Å². The zero-order valence-electron chi connectivity index (χ0n) is 22.1. The van der Waals surface area contributed by atoms with Crippen LogP contribution in [0, 0.1) is 6.92 Å². The Morgan fingerprint density at radius 2 is 1.81 bits per heavy atom. The maximum atomic E-state index is 13.4. The van der Waals surface area contributed by atoms with E-state index in [9.17, 15) is 14.7 Å². The Labute approximate surface area is 218 Å². The van der Waals surface area contributed by atoms with E-state index in [1.165, 1.54) is 4.90 Å². The highest BCUT2D eigenvalue weighted by molar-refractivity contribution is 6.46. The van der Waals surface area contributed by atoms with E-state index in [0.29, 0.717) is 12.2 Å². The minimum Gasteiger partial charge on any atom is -0.507 e. The number of aryl methyl sites for hydroxylation is 1. The molecule has 1 amide bonds. The van der Waals surface area contributed by atoms with Crippen LogP contribution < -0.4 is 4.74 Å². The Morgan fingerprint density at radius 3 is 2.41 bits per heavy atom. The average Bonchev–Trinajstić information content (AvgIpc) is 3.12. The number of aliphatic hydroxyl groups is 1. The van der Waals surface area contributed by atoms with Gasteiger partial charge in [0.2, 0.25) is 0 Å². The van der Waals surface area contributed by atoms with Crippen molar-refractivity contribution >= 4 is 17.4 Å². The van der Waals surface area contributed by atoms with Gasteiger partial charge in [-0.15, -0.1) is 0 Å². The van der Waals surface area contributed by atoms with Gasteiger partial charge in [0.25, 0.3) is 11.7 Å². The molecule has 1 N–H and O–H groups in total. The molecule has 0 aliphatic carbocycles. The topological polar surface area (TPSA) is 79.7 Å². The van der Waals surface area contributed by atoms with E-state index in [2.05, 4.69) is 25.8 Å². The second-order valence-electron chi connectivity index (χ2n) is 10.5. The van der Waals surface area contributed by atoms with Crippen molar-refractivity contribution in [3.8, 4) is 5.75 Å². The molecule has 3 aromatic rings. The molecule has 6 heteroatoms. The van der Waals surface area contributed by atoms with Crippen LogP contribution in [-0.4, -0.2) is 33.3 Å². The van der Waals surface area contributed by atoms with E-state index in [-0.39, 0.29) is 23.3 Å². The molecular formula is C31H34N2O4. The first-order valence-electron chi connectivity index (χ1n) is 12.6. The molecule has 1 saturated heterocycles. The number of pyridine rings is 1. The molecule has 192 valence electrons. The lowest BCUT2D eigenvalue weighted by Crippen LogP contribution is -2.29. The SMILES string of the molecule is CCCOc1ccc(C(O)=C2C(=O)C(=O)N(Cc3cccnc3)[C@H]2c2ccc(C(C)(C)C)cc2)cc1C. The van der Waals surface area contributed by atoms with Crippen LogP contribution in [0.15, 0.2) is 72.6 Å². The minimum atomic E-state index is -0.731. The Morgan fingerprint density at radius 1 is 1.08 bits per heavy atom. The molecule has 0 spiro atoms. The third-order valence-electron chi connectivity index (χ3n) is 6.62. The van der Waals surface area contributed by atoms with Gasteiger partial charge in [-0.2, -0.15) is 0 Å². The van der Waals surface area contributed by atoms with Gasteiger partial charge in [-0.25, -0.2) is 0 Å². The molecule has 6 nitrogen and oxygen atoms in total. The second kappa shape index (κ2) is 10.6. The van der Waals surface area contributed by atoms with Gasteiger partial charge in [0.1, 0.15) is 11.5 Å². The Hall–Kier alpha value is -3.93. The van der Waals surface area contributed by atoms with Gasteiger partial charge < -0.3 is 14.7 Å². The van der Waals surface area contributed by atoms with Gasteiger partial charge in [-0.3, -0.25) is 14.6 Å². The molecule has 1 aliphatic heterocycles. The monoisotopic (exact) mass is 498 g/mol. The summed E-state index contributed by atoms with van der Waals surface area (Å²) in [6, 6.07) is 16.1. The van der Waals surface area contributed by atoms with E-state index in [1.54, 1.807) is 36.7 Å². The molecule has 0 radical (unpaired) electrons. The summed E-state index contributed by atoms with van der Waals surface area (Å²) in [6.07, 6.45) is 4.23. The first-order valence-corrected chi connectivity index (χ1v) is 12.6. The van der Waals surface area contributed by atoms with Crippen LogP contribution in [0.3, 0.4) is 0 Å². The number of nitrogens with zero attached hydrogens (tertiary/aromatic N) is 2. The number of aliphatic hydroxyl groups excluding tert-OH is 1. The predicted molar refractivity (Wildman–Crippen MR) is 144 cm³/mol. The summed E-state index contributed by atoms with van der Waals surface area (Å²) in [6.45, 7) is 11.1. The molecule has 0 bridgehead atoms. The maximum Gasteiger partial charge on any atom is 0.295 e. The van der Waals surface area contributed by atoms with Crippen LogP contribution in [0.25, 0.3) is 5.76 Å². The fourth-order valence-electron chi connectivity index (χ4n) is 4.57. The highest BCUT2D eigenvalue weighted by Crippen LogP contribution is 2.41. The third-order valence-corrected chi connectivity index (χ3v) is 6.62. The van der Waals surface area contributed by atoms with Crippen molar-refractivity contribution < 1.29 is 19.4 Å². The normalized spacial score (nSPS) is 17.3. The summed E-state index contributed by atoms with van der Waals surface area (Å²) in [5.74, 6) is -0.808. The van der Waals surface area contributed by atoms with Crippen molar-refractivity contribution in [2.75, 3.05) is 6.61 Å². The van der Waals surface area contributed by atoms with Crippen LogP contribution in [0.4, 0.5) is 0 Å². The summed E-state index contributed by atoms with van der Waals surface area (Å²) in [4.78, 5) is 32.3. The average molecular weight is 499 g/mol. The fraction of sp³-hybridized carbons (Fsp3) is 0.323. The van der Waals surface area contributed by atoms with Gasteiger partial charge in [-0.05, 0) is 65.3 Å². The number of likely N-dealkylation sites (tertiary alicyclic amines) is 1. The van der Waals surface area contributed by atoms with Crippen molar-refractivity contribution in [3.63, 3.8) is 0 Å². The molecule has 2 heterocycles. The highest BCUT2D eigenvalue weighted by Gasteiger charge is 2.46. The third kappa shape index (κ3) is 5.43. The lowest BCUT2D eigenvalue weighted by molar-refractivity contribution is -0.140. The predicted octanol–water partition coefficient (Wildman–Crippen LogP) is 6.10. The van der Waals surface area contributed by atoms with Crippen LogP contribution in [0.5, 0.6) is 5.75 Å². The molecule has 1 aliphatic rings. The zero-order chi connectivity index (χ0) is 26.7. The fourth-order valence-corrected chi connectivity index (χ4v) is 4.57. The van der Waals surface area contributed by atoms with Crippen molar-refractivity contribution in [2.45, 2.75) is 59.0 Å². The van der Waals surface area contributed by atoms with Gasteiger partial charge in [0.15, 0.2) is 0 Å². The van der Waals surface area contributed by atoms with Gasteiger partial charge >= 0.3 is 0 Å². The van der Waals surface area contributed by atoms with E-state index in [4.69, 9.17) is 4.74 Å². The van der Waals surface area contributed by atoms with E-state index >= 15 is 0 Å². The lowest BCUT2D eigenvalue weighted by atomic mass is 9.85. The summed E-state index contributed by atoms with van der Waals surface area (Å²) in [7, 11) is 0. The summed E-state index contributed by atoms with van der Waals surface area (Å²) < 4.78 is 5.76. The number of ether oxygens (including phenoxy) is 1. The number of carbonyl (C=O) groups excluding carboxylic acids is 2. The maximum absolute atomic E-state index is 13.4. The number of carbonyl (C=O) groups is 2. The van der Waals surface area contributed by atoms with Gasteiger partial charge in [-0.1, -0.05) is 58.0 Å². The number of amides is 1. The van der Waals surface area contributed by atoms with Crippen molar-refractivity contribution in [3.05, 3.63) is 100 Å². The molecule has 1 atom stereocenters. The summed E-state index contributed by atoms with van der Waals surface area (Å²) in [5, 5.41) is 11.4. The summed E-state index contributed by atoms with van der Waals surface area (Å²) in [5.41, 5.74) is 4.05. The van der Waals surface area contributed by atoms with E-state index in [1.807, 2.05) is 44.2 Å². The molecule has 0 saturated carbocycles. The minimum absolute atomic E-state index is 0.0465. The quantitative estimate of drug-likeness (QED) is 0.242. The van der Waals surface area contributed by atoms with E-state index < -0.39 is 17.7 Å². The molecule has 37 heavy (non-hydrogen) atoms. The first-order chi connectivity index (χ1) is 17.6. The smallest absolute Gasteiger partial charge is 0.295 e. The molecule has 1 aromatic heterocycles. The Kier molecular flexibility index (Phi) is 7.48. The number of Topliss-reactive ketones (excluding diaryl/α,β-unsaturated/α-hetero) is 1. The van der Waals surface area contributed by atoms with Crippen molar-refractivity contribution in [2.24, 2.45) is 0 Å². The lowest BCUT2D eigenvalue weighted by Gasteiger charge is -2.26. The van der Waals surface area contributed by atoms with Gasteiger partial charge in [0, 0.05) is 24.5 Å².